The lowest BCUT2D eigenvalue weighted by Crippen LogP contribution is -2.43. The molecule has 5 nitrogen and oxygen atoms in total. The first-order chi connectivity index (χ1) is 14.1. The summed E-state index contributed by atoms with van der Waals surface area (Å²) in [5.74, 6) is 1.35. The molecule has 0 radical (unpaired) electrons. The van der Waals surface area contributed by atoms with E-state index in [-0.39, 0.29) is 11.4 Å². The average molecular weight is 418 g/mol. The molecule has 0 spiro atoms. The first-order valence-corrected chi connectivity index (χ1v) is 12.5. The molecule has 1 aromatic rings. The molecule has 1 aromatic heterocycles. The SMILES string of the molecule is CCCCC(=O)N1CCC(c2nc(C(=O)NC3(C4CCCCC4)CC3)cs2)CC1. The maximum absolute atomic E-state index is 12.9. The lowest BCUT2D eigenvalue weighted by Gasteiger charge is -2.31. The van der Waals surface area contributed by atoms with E-state index in [1.54, 1.807) is 11.3 Å². The van der Waals surface area contributed by atoms with Crippen LogP contribution < -0.4 is 5.32 Å². The first kappa shape index (κ1) is 20.8. The number of nitrogens with zero attached hydrogens (tertiary/aromatic N) is 2. The van der Waals surface area contributed by atoms with Gasteiger partial charge in [-0.15, -0.1) is 11.3 Å². The van der Waals surface area contributed by atoms with Gasteiger partial charge in [-0.2, -0.15) is 0 Å². The molecule has 0 aromatic carbocycles. The summed E-state index contributed by atoms with van der Waals surface area (Å²) >= 11 is 1.61. The zero-order valence-electron chi connectivity index (χ0n) is 17.8. The highest BCUT2D eigenvalue weighted by Crippen LogP contribution is 2.48. The van der Waals surface area contributed by atoms with E-state index in [1.807, 2.05) is 10.3 Å². The smallest absolute Gasteiger partial charge is 0.271 e. The highest BCUT2D eigenvalue weighted by molar-refractivity contribution is 7.09. The van der Waals surface area contributed by atoms with E-state index in [0.717, 1.165) is 56.6 Å². The molecule has 2 amide bonds. The number of hydrogen-bond donors (Lipinski definition) is 1. The summed E-state index contributed by atoms with van der Waals surface area (Å²) in [7, 11) is 0. The standard InChI is InChI=1S/C23H35N3O2S/c1-2-3-9-20(27)26-14-10-17(11-15-26)22-24-19(16-29-22)21(28)25-23(12-13-23)18-7-5-4-6-8-18/h16-18H,2-15H2,1H3,(H,25,28). The van der Waals surface area contributed by atoms with Crippen LogP contribution in [-0.4, -0.2) is 40.3 Å². The van der Waals surface area contributed by atoms with Crippen LogP contribution >= 0.6 is 11.3 Å². The normalized spacial score (nSPS) is 22.4. The van der Waals surface area contributed by atoms with Crippen LogP contribution in [0.4, 0.5) is 0 Å². The summed E-state index contributed by atoms with van der Waals surface area (Å²) in [5, 5.41) is 6.36. The van der Waals surface area contributed by atoms with Gasteiger partial charge < -0.3 is 10.2 Å². The zero-order chi connectivity index (χ0) is 20.3. The fourth-order valence-corrected chi connectivity index (χ4v) is 6.13. The molecule has 3 aliphatic rings. The topological polar surface area (TPSA) is 62.3 Å². The average Bonchev–Trinajstić information content (AvgIpc) is 3.37. The Morgan fingerprint density at radius 2 is 1.90 bits per heavy atom. The fourth-order valence-electron chi connectivity index (χ4n) is 5.16. The van der Waals surface area contributed by atoms with Crippen LogP contribution in [0.5, 0.6) is 0 Å². The largest absolute Gasteiger partial charge is 0.345 e. The summed E-state index contributed by atoms with van der Waals surface area (Å²) in [6, 6.07) is 0. The summed E-state index contributed by atoms with van der Waals surface area (Å²) < 4.78 is 0. The van der Waals surface area contributed by atoms with Crippen molar-refractivity contribution in [3.8, 4) is 0 Å². The molecule has 1 N–H and O–H groups in total. The Kier molecular flexibility index (Phi) is 6.57. The van der Waals surface area contributed by atoms with Crippen molar-refractivity contribution < 1.29 is 9.59 Å². The fraction of sp³-hybridized carbons (Fsp3) is 0.783. The molecule has 2 saturated carbocycles. The Morgan fingerprint density at radius 1 is 1.17 bits per heavy atom. The van der Waals surface area contributed by atoms with Crippen molar-refractivity contribution in [1.29, 1.82) is 0 Å². The molecule has 29 heavy (non-hydrogen) atoms. The Morgan fingerprint density at radius 3 is 2.55 bits per heavy atom. The van der Waals surface area contributed by atoms with E-state index in [9.17, 15) is 9.59 Å². The van der Waals surface area contributed by atoms with Gasteiger partial charge in [-0.1, -0.05) is 32.6 Å². The predicted molar refractivity (Wildman–Crippen MR) is 116 cm³/mol. The highest BCUT2D eigenvalue weighted by atomic mass is 32.1. The van der Waals surface area contributed by atoms with Crippen LogP contribution in [0.3, 0.4) is 0 Å². The van der Waals surface area contributed by atoms with Gasteiger partial charge in [0.2, 0.25) is 5.91 Å². The quantitative estimate of drug-likeness (QED) is 0.687. The number of carbonyl (C=O) groups is 2. The second-order valence-electron chi connectivity index (χ2n) is 9.27. The lowest BCUT2D eigenvalue weighted by molar-refractivity contribution is -0.132. The molecule has 0 atom stereocenters. The number of hydrogen-bond acceptors (Lipinski definition) is 4. The molecule has 6 heteroatoms. The minimum absolute atomic E-state index is 0.0164. The molecule has 4 rings (SSSR count). The summed E-state index contributed by atoms with van der Waals surface area (Å²) in [6.45, 7) is 3.76. The number of thiazole rings is 1. The monoisotopic (exact) mass is 417 g/mol. The summed E-state index contributed by atoms with van der Waals surface area (Å²) in [6.07, 6.45) is 13.4. The predicted octanol–water partition coefficient (Wildman–Crippen LogP) is 4.88. The van der Waals surface area contributed by atoms with E-state index >= 15 is 0 Å². The van der Waals surface area contributed by atoms with Crippen LogP contribution in [0.15, 0.2) is 5.38 Å². The van der Waals surface area contributed by atoms with Crippen LogP contribution in [0.25, 0.3) is 0 Å². The zero-order valence-corrected chi connectivity index (χ0v) is 18.6. The van der Waals surface area contributed by atoms with Crippen LogP contribution in [-0.2, 0) is 4.79 Å². The Hall–Kier alpha value is -1.43. The van der Waals surface area contributed by atoms with E-state index in [0.29, 0.717) is 29.9 Å². The molecule has 160 valence electrons. The van der Waals surface area contributed by atoms with Gasteiger partial charge in [0.05, 0.1) is 5.01 Å². The number of unbranched alkanes of at least 4 members (excludes halogenated alkanes) is 1. The number of nitrogens with one attached hydrogen (secondary N) is 1. The molecule has 3 fully saturated rings. The molecule has 2 heterocycles. The summed E-state index contributed by atoms with van der Waals surface area (Å²) in [4.78, 5) is 31.8. The van der Waals surface area contributed by atoms with Gasteiger partial charge in [-0.25, -0.2) is 4.98 Å². The number of aromatic nitrogens is 1. The first-order valence-electron chi connectivity index (χ1n) is 11.7. The van der Waals surface area contributed by atoms with Gasteiger partial charge in [0.25, 0.3) is 5.91 Å². The van der Waals surface area contributed by atoms with E-state index in [4.69, 9.17) is 4.98 Å². The molecule has 1 aliphatic heterocycles. The van der Waals surface area contributed by atoms with Crippen molar-refractivity contribution in [2.24, 2.45) is 5.92 Å². The molecule has 2 aliphatic carbocycles. The molecule has 0 bridgehead atoms. The van der Waals surface area contributed by atoms with Crippen molar-refractivity contribution in [2.45, 2.75) is 95.4 Å². The van der Waals surface area contributed by atoms with Crippen LogP contribution in [0.2, 0.25) is 0 Å². The minimum atomic E-state index is 0.0164. The molecule has 0 unspecified atom stereocenters. The van der Waals surface area contributed by atoms with Gasteiger partial charge in [-0.3, -0.25) is 9.59 Å². The van der Waals surface area contributed by atoms with Gasteiger partial charge in [0.15, 0.2) is 0 Å². The van der Waals surface area contributed by atoms with Gasteiger partial charge in [0, 0.05) is 36.3 Å². The van der Waals surface area contributed by atoms with Crippen molar-refractivity contribution in [2.75, 3.05) is 13.1 Å². The maximum Gasteiger partial charge on any atom is 0.271 e. The number of likely N-dealkylation sites (tertiary alicyclic amines) is 1. The number of carbonyl (C=O) groups excluding carboxylic acids is 2. The summed E-state index contributed by atoms with van der Waals surface area (Å²) in [5.41, 5.74) is 0.652. The molecular formula is C23H35N3O2S. The van der Waals surface area contributed by atoms with E-state index < -0.39 is 0 Å². The lowest BCUT2D eigenvalue weighted by atomic mass is 9.82. The second kappa shape index (κ2) is 9.15. The van der Waals surface area contributed by atoms with E-state index in [1.165, 1.54) is 32.1 Å². The van der Waals surface area contributed by atoms with E-state index in [2.05, 4.69) is 12.2 Å². The second-order valence-corrected chi connectivity index (χ2v) is 10.2. The minimum Gasteiger partial charge on any atom is -0.345 e. The third-order valence-electron chi connectivity index (χ3n) is 7.23. The Bertz CT molecular complexity index is 713. The van der Waals surface area contributed by atoms with Crippen molar-refractivity contribution in [3.05, 3.63) is 16.1 Å². The van der Waals surface area contributed by atoms with Crippen LogP contribution in [0, 0.1) is 5.92 Å². The Labute approximate surface area is 178 Å². The van der Waals surface area contributed by atoms with Gasteiger partial charge in [0.1, 0.15) is 5.69 Å². The van der Waals surface area contributed by atoms with Crippen molar-refractivity contribution in [3.63, 3.8) is 0 Å². The highest BCUT2D eigenvalue weighted by Gasteiger charge is 2.50. The molecular weight excluding hydrogens is 382 g/mol. The Balaban J connectivity index is 1.30. The molecule has 1 saturated heterocycles. The van der Waals surface area contributed by atoms with Gasteiger partial charge in [-0.05, 0) is 50.9 Å². The number of rotatable bonds is 7. The van der Waals surface area contributed by atoms with Crippen LogP contribution in [0.1, 0.15) is 105 Å². The maximum atomic E-state index is 12.9. The third-order valence-corrected chi connectivity index (χ3v) is 8.24. The third kappa shape index (κ3) is 4.84. The van der Waals surface area contributed by atoms with Gasteiger partial charge >= 0.3 is 0 Å². The number of piperidine rings is 1. The van der Waals surface area contributed by atoms with Crippen molar-refractivity contribution >= 4 is 23.2 Å². The van der Waals surface area contributed by atoms with Crippen molar-refractivity contribution in [1.82, 2.24) is 15.2 Å². The number of amides is 2.